The normalized spacial score (nSPS) is 10.4. The van der Waals surface area contributed by atoms with Crippen molar-refractivity contribution in [2.24, 2.45) is 0 Å². The van der Waals surface area contributed by atoms with Gasteiger partial charge in [-0.2, -0.15) is 0 Å². The van der Waals surface area contributed by atoms with Crippen molar-refractivity contribution in [1.29, 1.82) is 0 Å². The Kier molecular flexibility index (Phi) is 10.5. The zero-order valence-electron chi connectivity index (χ0n) is 14.6. The number of ether oxygens (including phenoxy) is 2. The second-order valence-corrected chi connectivity index (χ2v) is 5.28. The number of benzene rings is 1. The van der Waals surface area contributed by atoms with Gasteiger partial charge in [-0.15, -0.1) is 0 Å². The van der Waals surface area contributed by atoms with Crippen LogP contribution < -0.4 is 10.6 Å². The third-order valence-corrected chi connectivity index (χ3v) is 3.27. The molecule has 0 aliphatic heterocycles. The summed E-state index contributed by atoms with van der Waals surface area (Å²) < 4.78 is 9.76. The monoisotopic (exact) mass is 336 g/mol. The molecule has 0 fully saturated rings. The maximum absolute atomic E-state index is 11.2. The van der Waals surface area contributed by atoms with Crippen LogP contribution in [0.1, 0.15) is 37.8 Å². The smallest absolute Gasteiger partial charge is 0.307 e. The van der Waals surface area contributed by atoms with Crippen LogP contribution in [0.15, 0.2) is 24.3 Å². The van der Waals surface area contributed by atoms with Crippen molar-refractivity contribution in [3.05, 3.63) is 35.4 Å². The van der Waals surface area contributed by atoms with Gasteiger partial charge >= 0.3 is 11.9 Å². The number of carbonyl (C=O) groups excluding carboxylic acids is 2. The van der Waals surface area contributed by atoms with Crippen LogP contribution in [0.4, 0.5) is 0 Å². The predicted octanol–water partition coefficient (Wildman–Crippen LogP) is 1.77. The van der Waals surface area contributed by atoms with Crippen LogP contribution in [0.25, 0.3) is 0 Å². The maximum atomic E-state index is 11.2. The highest BCUT2D eigenvalue weighted by Crippen LogP contribution is 2.05. The van der Waals surface area contributed by atoms with Gasteiger partial charge in [-0.3, -0.25) is 9.59 Å². The molecule has 1 aromatic rings. The lowest BCUT2D eigenvalue weighted by atomic mass is 10.1. The van der Waals surface area contributed by atoms with Gasteiger partial charge in [0, 0.05) is 26.2 Å². The van der Waals surface area contributed by atoms with Crippen molar-refractivity contribution >= 4 is 11.9 Å². The molecular formula is C18H28N2O4. The maximum Gasteiger partial charge on any atom is 0.307 e. The van der Waals surface area contributed by atoms with Crippen molar-refractivity contribution in [3.8, 4) is 0 Å². The van der Waals surface area contributed by atoms with Crippen molar-refractivity contribution in [2.45, 2.75) is 39.8 Å². The van der Waals surface area contributed by atoms with Crippen LogP contribution in [0, 0.1) is 0 Å². The topological polar surface area (TPSA) is 76.7 Å². The minimum absolute atomic E-state index is 0.176. The molecule has 6 nitrogen and oxygen atoms in total. The first-order chi connectivity index (χ1) is 11.7. The van der Waals surface area contributed by atoms with Gasteiger partial charge < -0.3 is 20.1 Å². The van der Waals surface area contributed by atoms with E-state index < -0.39 is 0 Å². The molecular weight excluding hydrogens is 308 g/mol. The van der Waals surface area contributed by atoms with Crippen molar-refractivity contribution in [1.82, 2.24) is 10.6 Å². The Morgan fingerprint density at radius 3 is 1.75 bits per heavy atom. The molecule has 2 N–H and O–H groups in total. The number of hydrogen-bond acceptors (Lipinski definition) is 6. The Bertz CT molecular complexity index is 464. The third kappa shape index (κ3) is 9.27. The van der Waals surface area contributed by atoms with Gasteiger partial charge in [0.25, 0.3) is 0 Å². The first kappa shape index (κ1) is 20.1. The Morgan fingerprint density at radius 1 is 0.875 bits per heavy atom. The minimum atomic E-state index is -0.176. The van der Waals surface area contributed by atoms with Gasteiger partial charge in [-0.1, -0.05) is 24.3 Å². The van der Waals surface area contributed by atoms with Gasteiger partial charge in [-0.05, 0) is 25.0 Å². The van der Waals surface area contributed by atoms with E-state index in [1.807, 2.05) is 18.2 Å². The molecule has 24 heavy (non-hydrogen) atoms. The molecule has 134 valence electrons. The van der Waals surface area contributed by atoms with Crippen molar-refractivity contribution < 1.29 is 19.1 Å². The molecule has 0 heterocycles. The zero-order valence-corrected chi connectivity index (χ0v) is 14.6. The summed E-state index contributed by atoms with van der Waals surface area (Å²) in [4.78, 5) is 22.5. The Balaban J connectivity index is 2.23. The molecule has 1 aromatic carbocycles. The standard InChI is InChI=1S/C18H28N2O4/c1-3-23-17(21)8-10-19-13-15-6-5-7-16(12-15)14-20-11-9-18(22)24-4-2/h5-7,12,19-20H,3-4,8-11,13-14H2,1-2H3. The first-order valence-electron chi connectivity index (χ1n) is 8.46. The molecule has 0 saturated heterocycles. The molecule has 0 aliphatic carbocycles. The summed E-state index contributed by atoms with van der Waals surface area (Å²) in [5.41, 5.74) is 2.31. The van der Waals surface area contributed by atoms with Crippen LogP contribution in [-0.2, 0) is 32.2 Å². The summed E-state index contributed by atoms with van der Waals surface area (Å²) in [6.07, 6.45) is 0.756. The fourth-order valence-corrected chi connectivity index (χ4v) is 2.16. The van der Waals surface area contributed by atoms with Gasteiger partial charge in [0.05, 0.1) is 26.1 Å². The summed E-state index contributed by atoms with van der Waals surface area (Å²) in [6.45, 7) is 7.05. The van der Waals surface area contributed by atoms with Gasteiger partial charge in [0.1, 0.15) is 0 Å². The zero-order chi connectivity index (χ0) is 17.6. The van der Waals surface area contributed by atoms with Crippen LogP contribution in [0.3, 0.4) is 0 Å². The summed E-state index contributed by atoms with van der Waals surface area (Å²) in [5.74, 6) is -0.353. The molecule has 1 rings (SSSR count). The van der Waals surface area contributed by atoms with Crippen LogP contribution in [0.5, 0.6) is 0 Å². The molecule has 0 unspecified atom stereocenters. The number of nitrogens with one attached hydrogen (secondary N) is 2. The number of rotatable bonds is 12. The molecule has 0 bridgehead atoms. The van der Waals surface area contributed by atoms with Crippen LogP contribution >= 0.6 is 0 Å². The average molecular weight is 336 g/mol. The van der Waals surface area contributed by atoms with Crippen molar-refractivity contribution in [2.75, 3.05) is 26.3 Å². The SMILES string of the molecule is CCOC(=O)CCNCc1cccc(CNCCC(=O)OCC)c1. The second-order valence-electron chi connectivity index (χ2n) is 5.28. The van der Waals surface area contributed by atoms with E-state index in [-0.39, 0.29) is 11.9 Å². The highest BCUT2D eigenvalue weighted by molar-refractivity contribution is 5.69. The lowest BCUT2D eigenvalue weighted by Crippen LogP contribution is -2.20. The molecule has 0 radical (unpaired) electrons. The van der Waals surface area contributed by atoms with E-state index in [4.69, 9.17) is 9.47 Å². The van der Waals surface area contributed by atoms with Crippen LogP contribution in [-0.4, -0.2) is 38.2 Å². The van der Waals surface area contributed by atoms with Gasteiger partial charge in [0.2, 0.25) is 0 Å². The van der Waals surface area contributed by atoms with E-state index in [2.05, 4.69) is 16.7 Å². The molecule has 0 aliphatic rings. The Morgan fingerprint density at radius 2 is 1.33 bits per heavy atom. The molecule has 6 heteroatoms. The van der Waals surface area contributed by atoms with E-state index in [0.29, 0.717) is 52.2 Å². The summed E-state index contributed by atoms with van der Waals surface area (Å²) in [6, 6.07) is 8.19. The number of hydrogen-bond donors (Lipinski definition) is 2. The fourth-order valence-electron chi connectivity index (χ4n) is 2.16. The Labute approximate surface area is 143 Å². The summed E-state index contributed by atoms with van der Waals surface area (Å²) in [5, 5.41) is 6.46. The van der Waals surface area contributed by atoms with E-state index in [1.165, 1.54) is 0 Å². The highest BCUT2D eigenvalue weighted by atomic mass is 16.5. The van der Waals surface area contributed by atoms with Crippen molar-refractivity contribution in [3.63, 3.8) is 0 Å². The van der Waals surface area contributed by atoms with E-state index in [9.17, 15) is 9.59 Å². The molecule has 0 aromatic heterocycles. The predicted molar refractivity (Wildman–Crippen MR) is 92.4 cm³/mol. The highest BCUT2D eigenvalue weighted by Gasteiger charge is 2.02. The number of esters is 2. The van der Waals surface area contributed by atoms with E-state index in [1.54, 1.807) is 13.8 Å². The lowest BCUT2D eigenvalue weighted by molar-refractivity contribution is -0.143. The second kappa shape index (κ2) is 12.5. The van der Waals surface area contributed by atoms with Gasteiger partial charge in [0.15, 0.2) is 0 Å². The Hall–Kier alpha value is -1.92. The largest absolute Gasteiger partial charge is 0.466 e. The number of carbonyl (C=O) groups is 2. The average Bonchev–Trinajstić information content (AvgIpc) is 2.57. The molecule has 0 saturated carbocycles. The van der Waals surface area contributed by atoms with E-state index in [0.717, 1.165) is 11.1 Å². The summed E-state index contributed by atoms with van der Waals surface area (Å²) >= 11 is 0. The first-order valence-corrected chi connectivity index (χ1v) is 8.46. The van der Waals surface area contributed by atoms with Gasteiger partial charge in [-0.25, -0.2) is 0 Å². The molecule has 0 atom stereocenters. The lowest BCUT2D eigenvalue weighted by Gasteiger charge is -2.08. The quantitative estimate of drug-likeness (QED) is 0.447. The van der Waals surface area contributed by atoms with Crippen LogP contribution in [0.2, 0.25) is 0 Å². The third-order valence-electron chi connectivity index (χ3n) is 3.27. The molecule has 0 spiro atoms. The van der Waals surface area contributed by atoms with E-state index >= 15 is 0 Å². The molecule has 0 amide bonds. The fraction of sp³-hybridized carbons (Fsp3) is 0.556. The minimum Gasteiger partial charge on any atom is -0.466 e. The summed E-state index contributed by atoms with van der Waals surface area (Å²) in [7, 11) is 0.